The van der Waals surface area contributed by atoms with Gasteiger partial charge in [-0.2, -0.15) is 5.26 Å². The maximum atomic E-state index is 12.7. The number of amides is 1. The molecular formula is C17H15IN4O2. The van der Waals surface area contributed by atoms with Crippen LogP contribution in [0.2, 0.25) is 0 Å². The summed E-state index contributed by atoms with van der Waals surface area (Å²) >= 11 is 2.20. The zero-order valence-corrected chi connectivity index (χ0v) is 15.0. The highest BCUT2D eigenvalue weighted by Gasteiger charge is 2.26. The molecule has 0 aliphatic carbocycles. The third-order valence-electron chi connectivity index (χ3n) is 3.79. The van der Waals surface area contributed by atoms with Crippen LogP contribution in [0.25, 0.3) is 0 Å². The summed E-state index contributed by atoms with van der Waals surface area (Å²) in [5.74, 6) is 0.232. The molecule has 0 spiro atoms. The first-order valence-electron chi connectivity index (χ1n) is 7.60. The summed E-state index contributed by atoms with van der Waals surface area (Å²) in [7, 11) is 0. The van der Waals surface area contributed by atoms with E-state index >= 15 is 0 Å². The summed E-state index contributed by atoms with van der Waals surface area (Å²) in [6.07, 6.45) is 4.43. The van der Waals surface area contributed by atoms with Crippen molar-refractivity contribution in [1.29, 1.82) is 5.26 Å². The normalized spacial score (nSPS) is 17.2. The Morgan fingerprint density at radius 3 is 3.00 bits per heavy atom. The van der Waals surface area contributed by atoms with E-state index in [9.17, 15) is 4.79 Å². The van der Waals surface area contributed by atoms with Crippen molar-refractivity contribution < 1.29 is 9.53 Å². The minimum absolute atomic E-state index is 0.00136. The predicted octanol–water partition coefficient (Wildman–Crippen LogP) is 2.64. The van der Waals surface area contributed by atoms with Crippen LogP contribution in [0.3, 0.4) is 0 Å². The van der Waals surface area contributed by atoms with Crippen molar-refractivity contribution in [2.24, 2.45) is 0 Å². The topological polar surface area (TPSA) is 79.1 Å². The predicted molar refractivity (Wildman–Crippen MR) is 95.5 cm³/mol. The molecule has 1 aromatic carbocycles. The van der Waals surface area contributed by atoms with Crippen molar-refractivity contribution in [3.63, 3.8) is 0 Å². The van der Waals surface area contributed by atoms with E-state index in [1.54, 1.807) is 4.90 Å². The van der Waals surface area contributed by atoms with E-state index in [1.165, 1.54) is 12.4 Å². The van der Waals surface area contributed by atoms with E-state index in [-0.39, 0.29) is 23.6 Å². The molecule has 0 saturated carbocycles. The van der Waals surface area contributed by atoms with Gasteiger partial charge in [0, 0.05) is 28.1 Å². The number of nitriles is 1. The van der Waals surface area contributed by atoms with Crippen LogP contribution in [0.5, 0.6) is 5.88 Å². The van der Waals surface area contributed by atoms with Crippen LogP contribution in [0, 0.1) is 14.9 Å². The quantitative estimate of drug-likeness (QED) is 0.695. The Kier molecular flexibility index (Phi) is 5.25. The molecule has 1 atom stereocenters. The molecule has 0 N–H and O–H groups in total. The zero-order valence-electron chi connectivity index (χ0n) is 12.9. The molecule has 0 radical (unpaired) electrons. The Bertz CT molecular complexity index is 790. The van der Waals surface area contributed by atoms with Gasteiger partial charge in [0.05, 0.1) is 6.54 Å². The minimum atomic E-state index is -0.186. The van der Waals surface area contributed by atoms with Gasteiger partial charge in [0.25, 0.3) is 11.8 Å². The maximum absolute atomic E-state index is 12.7. The Morgan fingerprint density at radius 2 is 2.21 bits per heavy atom. The van der Waals surface area contributed by atoms with Gasteiger partial charge in [0.2, 0.25) is 5.69 Å². The molecule has 1 aromatic heterocycles. The second-order valence-corrected chi connectivity index (χ2v) is 6.71. The molecule has 1 fully saturated rings. The summed E-state index contributed by atoms with van der Waals surface area (Å²) in [5.41, 5.74) is 0.846. The third kappa shape index (κ3) is 3.82. The first-order chi connectivity index (χ1) is 11.7. The second-order valence-electron chi connectivity index (χ2n) is 5.47. The fourth-order valence-electron chi connectivity index (χ4n) is 2.67. The lowest BCUT2D eigenvalue weighted by atomic mass is 10.1. The molecule has 1 aliphatic heterocycles. The van der Waals surface area contributed by atoms with Crippen LogP contribution in [0.4, 0.5) is 0 Å². The van der Waals surface area contributed by atoms with Crippen LogP contribution < -0.4 is 4.74 Å². The van der Waals surface area contributed by atoms with E-state index in [1.807, 2.05) is 30.3 Å². The standard InChI is InChI=1S/C17H15IN4O2/c18-13-4-1-3-12(9-13)17(23)22-8-2-5-14(11-22)24-16-15(10-19)20-6-7-21-16/h1,3-4,6-7,9,14H,2,5,8,11H2. The molecule has 2 heterocycles. The van der Waals surface area contributed by atoms with Gasteiger partial charge in [-0.15, -0.1) is 0 Å². The van der Waals surface area contributed by atoms with E-state index < -0.39 is 0 Å². The van der Waals surface area contributed by atoms with Crippen LogP contribution in [-0.4, -0.2) is 40.0 Å². The monoisotopic (exact) mass is 434 g/mol. The van der Waals surface area contributed by atoms with E-state index in [0.29, 0.717) is 18.7 Å². The molecular weight excluding hydrogens is 419 g/mol. The number of carbonyl (C=O) groups excluding carboxylic acids is 1. The maximum Gasteiger partial charge on any atom is 0.254 e. The van der Waals surface area contributed by atoms with Crippen molar-refractivity contribution >= 4 is 28.5 Å². The lowest BCUT2D eigenvalue weighted by Gasteiger charge is -2.32. The molecule has 1 unspecified atom stereocenters. The number of halogens is 1. The Balaban J connectivity index is 1.70. The van der Waals surface area contributed by atoms with Gasteiger partial charge in [-0.05, 0) is 53.6 Å². The molecule has 1 amide bonds. The number of rotatable bonds is 3. The second kappa shape index (κ2) is 7.57. The van der Waals surface area contributed by atoms with Crippen molar-refractivity contribution in [2.75, 3.05) is 13.1 Å². The Hall–Kier alpha value is -2.21. The van der Waals surface area contributed by atoms with Gasteiger partial charge >= 0.3 is 0 Å². The number of hydrogen-bond acceptors (Lipinski definition) is 5. The Labute approximate surface area is 153 Å². The van der Waals surface area contributed by atoms with Gasteiger partial charge in [-0.3, -0.25) is 4.79 Å². The number of ether oxygens (including phenoxy) is 1. The van der Waals surface area contributed by atoms with Crippen LogP contribution >= 0.6 is 22.6 Å². The van der Waals surface area contributed by atoms with Gasteiger partial charge in [-0.25, -0.2) is 9.97 Å². The number of benzene rings is 1. The molecule has 7 heteroatoms. The lowest BCUT2D eigenvalue weighted by molar-refractivity contribution is 0.0526. The van der Waals surface area contributed by atoms with E-state index in [4.69, 9.17) is 10.00 Å². The number of piperidine rings is 1. The van der Waals surface area contributed by atoms with Crippen molar-refractivity contribution in [2.45, 2.75) is 18.9 Å². The Morgan fingerprint density at radius 1 is 1.38 bits per heavy atom. The summed E-state index contributed by atoms with van der Waals surface area (Å²) < 4.78 is 6.86. The summed E-state index contributed by atoms with van der Waals surface area (Å²) in [6, 6.07) is 9.51. The average Bonchev–Trinajstić information content (AvgIpc) is 2.62. The fraction of sp³-hybridized carbons (Fsp3) is 0.294. The fourth-order valence-corrected chi connectivity index (χ4v) is 3.21. The third-order valence-corrected chi connectivity index (χ3v) is 4.46. The molecule has 24 heavy (non-hydrogen) atoms. The molecule has 1 saturated heterocycles. The van der Waals surface area contributed by atoms with Gasteiger partial charge in [0.1, 0.15) is 12.2 Å². The number of carbonyl (C=O) groups is 1. The summed E-state index contributed by atoms with van der Waals surface area (Å²) in [4.78, 5) is 22.5. The molecule has 2 aromatic rings. The van der Waals surface area contributed by atoms with Crippen LogP contribution in [-0.2, 0) is 0 Å². The molecule has 122 valence electrons. The van der Waals surface area contributed by atoms with E-state index in [2.05, 4.69) is 32.6 Å². The largest absolute Gasteiger partial charge is 0.470 e. The molecule has 3 rings (SSSR count). The highest BCUT2D eigenvalue weighted by Crippen LogP contribution is 2.20. The minimum Gasteiger partial charge on any atom is -0.470 e. The van der Waals surface area contributed by atoms with Crippen LogP contribution in [0.15, 0.2) is 36.7 Å². The van der Waals surface area contributed by atoms with Gasteiger partial charge in [-0.1, -0.05) is 6.07 Å². The highest BCUT2D eigenvalue weighted by molar-refractivity contribution is 14.1. The number of nitrogens with zero attached hydrogens (tertiary/aromatic N) is 4. The first kappa shape index (κ1) is 16.6. The first-order valence-corrected chi connectivity index (χ1v) is 8.68. The lowest BCUT2D eigenvalue weighted by Crippen LogP contribution is -2.44. The number of likely N-dealkylation sites (tertiary alicyclic amines) is 1. The van der Waals surface area contributed by atoms with Gasteiger partial charge in [0.15, 0.2) is 0 Å². The summed E-state index contributed by atoms with van der Waals surface area (Å²) in [5, 5.41) is 9.07. The molecule has 1 aliphatic rings. The van der Waals surface area contributed by atoms with Gasteiger partial charge < -0.3 is 9.64 Å². The molecule has 0 bridgehead atoms. The highest BCUT2D eigenvalue weighted by atomic mass is 127. The van der Waals surface area contributed by atoms with Crippen molar-refractivity contribution in [3.8, 4) is 11.9 Å². The summed E-state index contributed by atoms with van der Waals surface area (Å²) in [6.45, 7) is 1.18. The smallest absolute Gasteiger partial charge is 0.254 e. The number of aromatic nitrogens is 2. The average molecular weight is 434 g/mol. The number of hydrogen-bond donors (Lipinski definition) is 0. The van der Waals surface area contributed by atoms with Crippen molar-refractivity contribution in [1.82, 2.24) is 14.9 Å². The molecule has 6 nitrogen and oxygen atoms in total. The zero-order chi connectivity index (χ0) is 16.9. The van der Waals surface area contributed by atoms with Crippen LogP contribution in [0.1, 0.15) is 28.9 Å². The van der Waals surface area contributed by atoms with Crippen molar-refractivity contribution in [3.05, 3.63) is 51.5 Å². The SMILES string of the molecule is N#Cc1nccnc1OC1CCCN(C(=O)c2cccc(I)c2)C1. The van der Waals surface area contributed by atoms with E-state index in [0.717, 1.165) is 16.4 Å².